The maximum absolute atomic E-state index is 14.5. The third-order valence-electron chi connectivity index (χ3n) is 4.81. The molecule has 0 spiro atoms. The molecule has 2 aromatic carbocycles. The maximum atomic E-state index is 14.5. The van der Waals surface area contributed by atoms with Crippen molar-refractivity contribution < 1.29 is 23.5 Å². The van der Waals surface area contributed by atoms with E-state index in [0.717, 1.165) is 9.80 Å². The number of hydrogen-bond acceptors (Lipinski definition) is 6. The Morgan fingerprint density at radius 1 is 1.18 bits per heavy atom. The Balaban J connectivity index is 2.11. The number of para-hydroxylation sites is 1. The number of rotatable bonds is 8. The highest BCUT2D eigenvalue weighted by molar-refractivity contribution is 9.25. The van der Waals surface area contributed by atoms with E-state index in [-0.39, 0.29) is 17.4 Å². The quantitative estimate of drug-likeness (QED) is 0.345. The van der Waals surface area contributed by atoms with Crippen LogP contribution in [0, 0.1) is 5.82 Å². The number of urea groups is 1. The Bertz CT molecular complexity index is 1100. The first-order valence-corrected chi connectivity index (χ1v) is 11.6. The number of methoxy groups -OCH3 is 2. The van der Waals surface area contributed by atoms with Crippen LogP contribution in [-0.4, -0.2) is 59.2 Å². The lowest BCUT2D eigenvalue weighted by Gasteiger charge is -2.29. The molecule has 2 aromatic rings. The third kappa shape index (κ3) is 5.10. The largest absolute Gasteiger partial charge is 0.497 e. The van der Waals surface area contributed by atoms with Gasteiger partial charge in [0.05, 0.1) is 31.5 Å². The summed E-state index contributed by atoms with van der Waals surface area (Å²) >= 11 is 13.1. The molecule has 3 rings (SSSR count). The summed E-state index contributed by atoms with van der Waals surface area (Å²) in [5, 5.41) is 3.16. The topological polar surface area (TPSA) is 83.5 Å². The van der Waals surface area contributed by atoms with Crippen LogP contribution in [0.15, 0.2) is 47.5 Å². The van der Waals surface area contributed by atoms with E-state index in [2.05, 4.69) is 42.2 Å². The summed E-state index contributed by atoms with van der Waals surface area (Å²) in [6.45, 7) is 0. The van der Waals surface area contributed by atoms with Crippen LogP contribution in [0.4, 0.5) is 20.6 Å². The molecule has 12 heteroatoms. The molecule has 1 unspecified atom stereocenters. The van der Waals surface area contributed by atoms with E-state index >= 15 is 0 Å². The Morgan fingerprint density at radius 3 is 2.48 bits per heavy atom. The molecule has 1 aliphatic heterocycles. The summed E-state index contributed by atoms with van der Waals surface area (Å²) in [5.74, 6) is -0.609. The average molecular weight is 607 g/mol. The lowest BCUT2D eigenvalue weighted by atomic mass is 10.2. The number of halogens is 4. The number of alkyl halides is 3. The summed E-state index contributed by atoms with van der Waals surface area (Å²) in [4.78, 5) is 32.0. The number of aliphatic imine (C=N–C) groups is 1. The van der Waals surface area contributed by atoms with Crippen molar-refractivity contribution in [1.29, 1.82) is 0 Å². The maximum Gasteiger partial charge on any atom is 0.337 e. The molecule has 0 aliphatic carbocycles. The van der Waals surface area contributed by atoms with Gasteiger partial charge in [0, 0.05) is 13.1 Å². The molecule has 0 bridgehead atoms. The van der Waals surface area contributed by atoms with Crippen LogP contribution in [0.25, 0.3) is 0 Å². The van der Waals surface area contributed by atoms with Gasteiger partial charge in [0.1, 0.15) is 26.7 Å². The Kier molecular flexibility index (Phi) is 7.86. The van der Waals surface area contributed by atoms with Gasteiger partial charge < -0.3 is 14.8 Å². The molecule has 0 radical (unpaired) electrons. The molecule has 0 saturated carbocycles. The number of nitrogens with zero attached hydrogens (tertiary/aromatic N) is 3. The molecule has 8 nitrogen and oxygen atoms in total. The molecule has 1 fully saturated rings. The van der Waals surface area contributed by atoms with Crippen LogP contribution in [-0.2, 0) is 4.79 Å². The number of ether oxygens (including phenoxy) is 2. The molecule has 1 N–H and O–H groups in total. The number of anilines is 2. The number of imide groups is 1. The summed E-state index contributed by atoms with van der Waals surface area (Å²) in [6.07, 6.45) is -0.940. The minimum atomic E-state index is -1.05. The highest BCUT2D eigenvalue weighted by atomic mass is 79.9. The predicted octanol–water partition coefficient (Wildman–Crippen LogP) is 4.80. The van der Waals surface area contributed by atoms with Gasteiger partial charge in [-0.2, -0.15) is 0 Å². The molecule has 1 atom stereocenters. The lowest BCUT2D eigenvalue weighted by molar-refractivity contribution is -0.119. The summed E-state index contributed by atoms with van der Waals surface area (Å²) in [7, 11) is 4.32. The molecule has 1 aliphatic rings. The Morgan fingerprint density at radius 2 is 1.88 bits per heavy atom. The van der Waals surface area contributed by atoms with E-state index in [1.54, 1.807) is 24.3 Å². The number of likely N-dealkylation sites (N-methyl/N-ethyl adjacent to an activating group) is 1. The van der Waals surface area contributed by atoms with Crippen LogP contribution in [0.5, 0.6) is 11.5 Å². The molecular weight excluding hydrogens is 587 g/mol. The van der Waals surface area contributed by atoms with E-state index in [0.29, 0.717) is 17.2 Å². The van der Waals surface area contributed by atoms with E-state index in [4.69, 9.17) is 21.1 Å². The first-order chi connectivity index (χ1) is 15.6. The van der Waals surface area contributed by atoms with Gasteiger partial charge >= 0.3 is 6.03 Å². The number of nitrogens with one attached hydrogen (secondary N) is 1. The van der Waals surface area contributed by atoms with Crippen molar-refractivity contribution in [3.63, 3.8) is 0 Å². The second-order valence-electron chi connectivity index (χ2n) is 6.89. The zero-order valence-corrected chi connectivity index (χ0v) is 21.7. The fourth-order valence-corrected chi connectivity index (χ4v) is 3.61. The summed E-state index contributed by atoms with van der Waals surface area (Å²) < 4.78 is 24.1. The highest BCUT2D eigenvalue weighted by Gasteiger charge is 2.44. The Labute approximate surface area is 211 Å². The van der Waals surface area contributed by atoms with Gasteiger partial charge in [0.2, 0.25) is 5.84 Å². The molecular formula is C21H20Br2ClFN4O4. The molecule has 0 aromatic heterocycles. The third-order valence-corrected chi connectivity index (χ3v) is 7.31. The molecule has 33 heavy (non-hydrogen) atoms. The average Bonchev–Trinajstić information content (AvgIpc) is 3.02. The van der Waals surface area contributed by atoms with Crippen molar-refractivity contribution in [3.8, 4) is 11.5 Å². The SMILES string of the molecule is COc1ccc(NC(N=C2C(=O)N(C)C(=O)N2c2ccccc2F)C(Br)(Br)CCl)c(OC)c1. The van der Waals surface area contributed by atoms with Crippen LogP contribution in [0.3, 0.4) is 0 Å². The highest BCUT2D eigenvalue weighted by Crippen LogP contribution is 2.38. The standard InChI is InChI=1S/C21H20Br2ClFN4O4/c1-28-18(30)17(29(20(28)31)15-7-5-4-6-13(15)25)27-19(21(22,23)11-24)26-14-9-8-12(32-2)10-16(14)33-3/h4-10,19,26H,11H2,1-3H3. The molecule has 176 valence electrons. The van der Waals surface area contributed by atoms with Gasteiger partial charge in [-0.15, -0.1) is 11.6 Å². The first kappa shape index (κ1) is 25.3. The first-order valence-electron chi connectivity index (χ1n) is 9.51. The van der Waals surface area contributed by atoms with E-state index < -0.39 is 27.2 Å². The zero-order valence-electron chi connectivity index (χ0n) is 17.8. The molecule has 1 heterocycles. The minimum Gasteiger partial charge on any atom is -0.497 e. The fourth-order valence-electron chi connectivity index (χ4n) is 3.03. The fraction of sp³-hybridized carbons (Fsp3) is 0.286. The predicted molar refractivity (Wildman–Crippen MR) is 133 cm³/mol. The zero-order chi connectivity index (χ0) is 24.3. The van der Waals surface area contributed by atoms with Gasteiger partial charge in [0.25, 0.3) is 5.91 Å². The van der Waals surface area contributed by atoms with Gasteiger partial charge in [-0.05, 0) is 24.3 Å². The monoisotopic (exact) mass is 604 g/mol. The van der Waals surface area contributed by atoms with Gasteiger partial charge in [-0.1, -0.05) is 44.0 Å². The van der Waals surface area contributed by atoms with Crippen molar-refractivity contribution in [2.75, 3.05) is 37.4 Å². The van der Waals surface area contributed by atoms with E-state index in [1.165, 1.54) is 39.5 Å². The second kappa shape index (κ2) is 10.3. The summed E-state index contributed by atoms with van der Waals surface area (Å²) in [5.41, 5.74) is 0.420. The molecule has 1 saturated heterocycles. The van der Waals surface area contributed by atoms with Crippen LogP contribution >= 0.6 is 43.5 Å². The summed E-state index contributed by atoms with van der Waals surface area (Å²) in [6, 6.07) is 9.98. The smallest absolute Gasteiger partial charge is 0.337 e. The van der Waals surface area contributed by atoms with Gasteiger partial charge in [0.15, 0.2) is 0 Å². The van der Waals surface area contributed by atoms with Crippen LogP contribution < -0.4 is 19.7 Å². The number of amides is 3. The van der Waals surface area contributed by atoms with Crippen molar-refractivity contribution >= 4 is 72.6 Å². The number of carbonyl (C=O) groups is 2. The number of carbonyl (C=O) groups excluding carboxylic acids is 2. The number of benzene rings is 2. The van der Waals surface area contributed by atoms with E-state index in [1.807, 2.05) is 0 Å². The van der Waals surface area contributed by atoms with Gasteiger partial charge in [-0.25, -0.2) is 19.1 Å². The second-order valence-corrected chi connectivity index (χ2v) is 11.1. The van der Waals surface area contributed by atoms with E-state index in [9.17, 15) is 14.0 Å². The lowest BCUT2D eigenvalue weighted by Crippen LogP contribution is -2.41. The van der Waals surface area contributed by atoms with Crippen molar-refractivity contribution in [2.45, 2.75) is 9.40 Å². The van der Waals surface area contributed by atoms with Crippen LogP contribution in [0.1, 0.15) is 0 Å². The van der Waals surface area contributed by atoms with Crippen LogP contribution in [0.2, 0.25) is 0 Å². The van der Waals surface area contributed by atoms with Gasteiger partial charge in [-0.3, -0.25) is 9.69 Å². The number of amidine groups is 1. The normalized spacial score (nSPS) is 16.4. The molecule has 3 amide bonds. The van der Waals surface area contributed by atoms with Crippen molar-refractivity contribution in [3.05, 3.63) is 48.3 Å². The minimum absolute atomic E-state index is 0.0115. The number of hydrogen-bond donors (Lipinski definition) is 1. The Hall–Kier alpha value is -2.37. The van der Waals surface area contributed by atoms with Crippen molar-refractivity contribution in [1.82, 2.24) is 4.90 Å². The van der Waals surface area contributed by atoms with Crippen molar-refractivity contribution in [2.24, 2.45) is 4.99 Å².